The van der Waals surface area contributed by atoms with Gasteiger partial charge in [0.2, 0.25) is 0 Å². The lowest BCUT2D eigenvalue weighted by molar-refractivity contribution is 1.01. The zero-order valence-corrected chi connectivity index (χ0v) is 11.2. The molecule has 0 aromatic heterocycles. The Labute approximate surface area is 112 Å². The summed E-state index contributed by atoms with van der Waals surface area (Å²) in [5.74, 6) is 0.583. The van der Waals surface area contributed by atoms with Crippen molar-refractivity contribution in [1.82, 2.24) is 10.6 Å². The minimum Gasteiger partial charge on any atom is -0.370 e. The molecule has 0 aliphatic carbocycles. The number of nitrogens with two attached hydrogens (primary N) is 4. The summed E-state index contributed by atoms with van der Waals surface area (Å²) < 4.78 is 0. The van der Waals surface area contributed by atoms with E-state index in [4.69, 9.17) is 22.9 Å². The average molecular weight is 270 g/mol. The van der Waals surface area contributed by atoms with Crippen LogP contribution in [-0.2, 0) is 0 Å². The second kappa shape index (κ2) is 9.50. The Kier molecular flexibility index (Phi) is 8.24. The number of nitrogens with one attached hydrogen (secondary N) is 2. The zero-order chi connectivity index (χ0) is 14.7. The van der Waals surface area contributed by atoms with Gasteiger partial charge in [-0.25, -0.2) is 9.98 Å². The van der Waals surface area contributed by atoms with E-state index in [-0.39, 0.29) is 30.5 Å². The first-order valence-corrected chi connectivity index (χ1v) is 5.73. The van der Waals surface area contributed by atoms with Gasteiger partial charge in [-0.05, 0) is 13.8 Å². The average Bonchev–Trinajstić information content (AvgIpc) is 2.28. The highest BCUT2D eigenvalue weighted by Crippen LogP contribution is 1.75. The molecule has 108 valence electrons. The summed E-state index contributed by atoms with van der Waals surface area (Å²) in [6.07, 6.45) is 0. The van der Waals surface area contributed by atoms with Crippen molar-refractivity contribution in [3.8, 4) is 0 Å². The summed E-state index contributed by atoms with van der Waals surface area (Å²) in [5.41, 5.74) is 22.1. The van der Waals surface area contributed by atoms with Crippen molar-refractivity contribution >= 4 is 23.8 Å². The summed E-state index contributed by atoms with van der Waals surface area (Å²) in [4.78, 5) is 15.5. The molecular formula is C9H22N10. The first-order valence-electron chi connectivity index (χ1n) is 5.73. The largest absolute Gasteiger partial charge is 0.370 e. The molecule has 19 heavy (non-hydrogen) atoms. The molecule has 0 aliphatic rings. The van der Waals surface area contributed by atoms with Crippen molar-refractivity contribution in [3.05, 3.63) is 0 Å². The molecule has 0 bridgehead atoms. The molecule has 0 aliphatic heterocycles. The number of guanidine groups is 4. The number of nitrogens with zero attached hydrogens (tertiary/aromatic N) is 4. The van der Waals surface area contributed by atoms with Crippen molar-refractivity contribution in [1.29, 1.82) is 0 Å². The number of hydrogen-bond acceptors (Lipinski definition) is 4. The standard InChI is InChI=1S/C9H22N10/c1-3-14-6(10)18-8(12)16-5-17-9(13)19-7(11)15-4-2/h3-5H2,1-2H3,(H5,10,12,14,16,18)(H5,11,13,15,17,19). The minimum absolute atomic E-state index is 0.0243. The van der Waals surface area contributed by atoms with Gasteiger partial charge in [0, 0.05) is 13.1 Å². The predicted molar refractivity (Wildman–Crippen MR) is 78.7 cm³/mol. The first-order chi connectivity index (χ1) is 8.99. The van der Waals surface area contributed by atoms with E-state index < -0.39 is 0 Å². The highest BCUT2D eigenvalue weighted by Gasteiger charge is 1.95. The Bertz CT molecular complexity index is 344. The molecule has 0 rings (SSSR count). The van der Waals surface area contributed by atoms with Crippen molar-refractivity contribution in [3.63, 3.8) is 0 Å². The topological polar surface area (TPSA) is 178 Å². The van der Waals surface area contributed by atoms with E-state index in [2.05, 4.69) is 30.6 Å². The molecule has 10 nitrogen and oxygen atoms in total. The second-order valence-corrected chi connectivity index (χ2v) is 3.20. The van der Waals surface area contributed by atoms with Gasteiger partial charge < -0.3 is 22.9 Å². The van der Waals surface area contributed by atoms with Gasteiger partial charge in [0.1, 0.15) is 6.67 Å². The second-order valence-electron chi connectivity index (χ2n) is 3.20. The maximum Gasteiger partial charge on any atom is 0.197 e. The molecule has 10 heteroatoms. The lowest BCUT2D eigenvalue weighted by Crippen LogP contribution is -2.42. The van der Waals surface area contributed by atoms with E-state index in [1.54, 1.807) is 0 Å². The molecule has 0 fully saturated rings. The van der Waals surface area contributed by atoms with Gasteiger partial charge in [-0.1, -0.05) is 0 Å². The molecule has 0 spiro atoms. The quantitative estimate of drug-likeness (QED) is 0.241. The van der Waals surface area contributed by atoms with Gasteiger partial charge in [0.05, 0.1) is 0 Å². The number of hydrogen-bond donors (Lipinski definition) is 6. The summed E-state index contributed by atoms with van der Waals surface area (Å²) in [6, 6.07) is 0. The van der Waals surface area contributed by atoms with Crippen LogP contribution in [0.5, 0.6) is 0 Å². The summed E-state index contributed by atoms with van der Waals surface area (Å²) in [7, 11) is 0. The molecule has 0 radical (unpaired) electrons. The fourth-order valence-electron chi connectivity index (χ4n) is 0.949. The third-order valence-corrected chi connectivity index (χ3v) is 1.65. The fraction of sp³-hybridized carbons (Fsp3) is 0.556. The van der Waals surface area contributed by atoms with Crippen LogP contribution in [-0.4, -0.2) is 43.6 Å². The Hall–Kier alpha value is -2.52. The number of aliphatic imine (C=N–C) groups is 4. The van der Waals surface area contributed by atoms with Crippen LogP contribution in [0.15, 0.2) is 20.0 Å². The maximum atomic E-state index is 5.54. The minimum atomic E-state index is 0.0243. The fourth-order valence-corrected chi connectivity index (χ4v) is 0.949. The zero-order valence-electron chi connectivity index (χ0n) is 11.2. The van der Waals surface area contributed by atoms with E-state index in [1.165, 1.54) is 0 Å². The van der Waals surface area contributed by atoms with Crippen molar-refractivity contribution < 1.29 is 0 Å². The van der Waals surface area contributed by atoms with Gasteiger partial charge in [-0.15, -0.1) is 0 Å². The molecule has 0 saturated carbocycles. The van der Waals surface area contributed by atoms with Crippen LogP contribution in [0.2, 0.25) is 0 Å². The summed E-state index contributed by atoms with van der Waals surface area (Å²) in [6.45, 7) is 4.83. The molecule has 0 unspecified atom stereocenters. The Balaban J connectivity index is 4.24. The maximum absolute atomic E-state index is 5.54. The first kappa shape index (κ1) is 16.5. The number of rotatable bonds is 4. The molecular weight excluding hydrogens is 248 g/mol. The smallest absolute Gasteiger partial charge is 0.197 e. The van der Waals surface area contributed by atoms with Crippen LogP contribution >= 0.6 is 0 Å². The van der Waals surface area contributed by atoms with Crippen LogP contribution in [0.4, 0.5) is 0 Å². The van der Waals surface area contributed by atoms with Crippen molar-refractivity contribution in [2.24, 2.45) is 42.9 Å². The van der Waals surface area contributed by atoms with Crippen LogP contribution in [0.1, 0.15) is 13.8 Å². The summed E-state index contributed by atoms with van der Waals surface area (Å²) in [5, 5.41) is 5.18. The normalized spacial score (nSPS) is 14.4. The molecule has 0 aromatic carbocycles. The van der Waals surface area contributed by atoms with Crippen LogP contribution in [0.3, 0.4) is 0 Å². The van der Waals surface area contributed by atoms with E-state index >= 15 is 0 Å². The van der Waals surface area contributed by atoms with Crippen molar-refractivity contribution in [2.45, 2.75) is 13.8 Å². The molecule has 0 amide bonds. The molecule has 0 heterocycles. The Morgan fingerprint density at radius 1 is 0.684 bits per heavy atom. The van der Waals surface area contributed by atoms with E-state index in [9.17, 15) is 0 Å². The van der Waals surface area contributed by atoms with Gasteiger partial charge >= 0.3 is 0 Å². The molecule has 0 aromatic rings. The lowest BCUT2D eigenvalue weighted by atomic mass is 10.7. The van der Waals surface area contributed by atoms with Gasteiger partial charge in [-0.3, -0.25) is 20.6 Å². The van der Waals surface area contributed by atoms with Gasteiger partial charge in [-0.2, -0.15) is 0 Å². The van der Waals surface area contributed by atoms with Crippen LogP contribution in [0.25, 0.3) is 0 Å². The van der Waals surface area contributed by atoms with Gasteiger partial charge in [0.15, 0.2) is 23.8 Å². The van der Waals surface area contributed by atoms with E-state index in [0.29, 0.717) is 13.1 Å². The molecule has 0 atom stereocenters. The van der Waals surface area contributed by atoms with Crippen LogP contribution in [0, 0.1) is 0 Å². The van der Waals surface area contributed by atoms with Crippen LogP contribution < -0.4 is 33.6 Å². The molecule has 10 N–H and O–H groups in total. The predicted octanol–water partition coefficient (Wildman–Crippen LogP) is -2.58. The SMILES string of the molecule is CCN=C(N)N/C(N)=N/C/N=C(\N)NC(N)=NCC. The molecule has 0 saturated heterocycles. The van der Waals surface area contributed by atoms with E-state index in [0.717, 1.165) is 0 Å². The monoisotopic (exact) mass is 270 g/mol. The van der Waals surface area contributed by atoms with E-state index in [1.807, 2.05) is 13.8 Å². The summed E-state index contributed by atoms with van der Waals surface area (Å²) >= 11 is 0. The highest BCUT2D eigenvalue weighted by molar-refractivity contribution is 5.98. The lowest BCUT2D eigenvalue weighted by Gasteiger charge is -2.04. The van der Waals surface area contributed by atoms with Gasteiger partial charge in [0.25, 0.3) is 0 Å². The third-order valence-electron chi connectivity index (χ3n) is 1.65. The van der Waals surface area contributed by atoms with Crippen molar-refractivity contribution in [2.75, 3.05) is 19.8 Å². The third kappa shape index (κ3) is 9.21. The highest BCUT2D eigenvalue weighted by atomic mass is 15.2. The Morgan fingerprint density at radius 3 is 1.32 bits per heavy atom. The Morgan fingerprint density at radius 2 is 1.00 bits per heavy atom.